The van der Waals surface area contributed by atoms with Gasteiger partial charge in [-0.3, -0.25) is 9.59 Å². The third kappa shape index (κ3) is 4.10. The van der Waals surface area contributed by atoms with Crippen molar-refractivity contribution >= 4 is 11.8 Å². The fourth-order valence-corrected chi connectivity index (χ4v) is 3.37. The minimum atomic E-state index is -0.0345. The Labute approximate surface area is 137 Å². The smallest absolute Gasteiger partial charge is 0.253 e. The SMILES string of the molecule is O=C(NC1CCN(C(=O)c2ccccc2)CC1)C1CCCCN1. The quantitative estimate of drug-likeness (QED) is 0.890. The number of hydrogen-bond donors (Lipinski definition) is 2. The van der Waals surface area contributed by atoms with Gasteiger partial charge in [-0.25, -0.2) is 0 Å². The van der Waals surface area contributed by atoms with Gasteiger partial charge in [0.15, 0.2) is 0 Å². The molecule has 0 saturated carbocycles. The van der Waals surface area contributed by atoms with Crippen LogP contribution in [0.15, 0.2) is 30.3 Å². The average molecular weight is 315 g/mol. The zero-order chi connectivity index (χ0) is 16.1. The summed E-state index contributed by atoms with van der Waals surface area (Å²) in [4.78, 5) is 26.5. The third-order valence-electron chi connectivity index (χ3n) is 4.78. The fraction of sp³-hybridized carbons (Fsp3) is 0.556. The first-order chi connectivity index (χ1) is 11.2. The van der Waals surface area contributed by atoms with Gasteiger partial charge < -0.3 is 15.5 Å². The molecular formula is C18H25N3O2. The van der Waals surface area contributed by atoms with Crippen LogP contribution in [-0.4, -0.2) is 48.4 Å². The minimum Gasteiger partial charge on any atom is -0.352 e. The molecule has 124 valence electrons. The van der Waals surface area contributed by atoms with Gasteiger partial charge in [-0.1, -0.05) is 24.6 Å². The van der Waals surface area contributed by atoms with Crippen LogP contribution in [-0.2, 0) is 4.79 Å². The van der Waals surface area contributed by atoms with E-state index in [2.05, 4.69) is 10.6 Å². The van der Waals surface area contributed by atoms with Gasteiger partial charge in [-0.05, 0) is 44.4 Å². The molecule has 2 heterocycles. The molecule has 1 aromatic carbocycles. The molecule has 1 unspecified atom stereocenters. The van der Waals surface area contributed by atoms with Crippen molar-refractivity contribution in [3.63, 3.8) is 0 Å². The number of carbonyl (C=O) groups is 2. The minimum absolute atomic E-state index is 0.0345. The maximum absolute atomic E-state index is 12.4. The van der Waals surface area contributed by atoms with Crippen LogP contribution in [0, 0.1) is 0 Å². The maximum Gasteiger partial charge on any atom is 0.253 e. The fourth-order valence-electron chi connectivity index (χ4n) is 3.37. The van der Waals surface area contributed by atoms with Gasteiger partial charge in [0, 0.05) is 24.7 Å². The first-order valence-electron chi connectivity index (χ1n) is 8.62. The largest absolute Gasteiger partial charge is 0.352 e. The molecule has 0 radical (unpaired) electrons. The van der Waals surface area contributed by atoms with E-state index in [1.807, 2.05) is 35.2 Å². The molecule has 0 aliphatic carbocycles. The topological polar surface area (TPSA) is 61.4 Å². The van der Waals surface area contributed by atoms with Crippen LogP contribution >= 0.6 is 0 Å². The second-order valence-electron chi connectivity index (χ2n) is 6.44. The zero-order valence-electron chi connectivity index (χ0n) is 13.5. The molecule has 2 aliphatic rings. The van der Waals surface area contributed by atoms with Gasteiger partial charge in [0.05, 0.1) is 6.04 Å². The molecule has 1 aromatic rings. The van der Waals surface area contributed by atoms with Gasteiger partial charge in [-0.2, -0.15) is 0 Å². The molecule has 5 nitrogen and oxygen atoms in total. The van der Waals surface area contributed by atoms with Crippen molar-refractivity contribution in [2.45, 2.75) is 44.2 Å². The summed E-state index contributed by atoms with van der Waals surface area (Å²) in [6.45, 7) is 2.34. The van der Waals surface area contributed by atoms with E-state index < -0.39 is 0 Å². The lowest BCUT2D eigenvalue weighted by atomic mass is 10.0. The van der Waals surface area contributed by atoms with Crippen molar-refractivity contribution in [1.82, 2.24) is 15.5 Å². The maximum atomic E-state index is 12.4. The van der Waals surface area contributed by atoms with E-state index in [4.69, 9.17) is 0 Å². The van der Waals surface area contributed by atoms with E-state index in [0.717, 1.165) is 44.2 Å². The number of piperidine rings is 2. The highest BCUT2D eigenvalue weighted by molar-refractivity contribution is 5.94. The van der Waals surface area contributed by atoms with E-state index in [1.54, 1.807) is 0 Å². The van der Waals surface area contributed by atoms with Crippen LogP contribution < -0.4 is 10.6 Å². The monoisotopic (exact) mass is 315 g/mol. The summed E-state index contributed by atoms with van der Waals surface area (Å²) < 4.78 is 0. The number of hydrogen-bond acceptors (Lipinski definition) is 3. The number of carbonyl (C=O) groups excluding carboxylic acids is 2. The second kappa shape index (κ2) is 7.59. The lowest BCUT2D eigenvalue weighted by molar-refractivity contribution is -0.124. The molecule has 2 N–H and O–H groups in total. The Morgan fingerprint density at radius 3 is 2.43 bits per heavy atom. The molecule has 2 fully saturated rings. The highest BCUT2D eigenvalue weighted by atomic mass is 16.2. The Balaban J connectivity index is 1.46. The Bertz CT molecular complexity index is 532. The number of likely N-dealkylation sites (tertiary alicyclic amines) is 1. The second-order valence-corrected chi connectivity index (χ2v) is 6.44. The summed E-state index contributed by atoms with van der Waals surface area (Å²) in [6, 6.07) is 9.54. The first-order valence-corrected chi connectivity index (χ1v) is 8.62. The summed E-state index contributed by atoms with van der Waals surface area (Å²) in [5.41, 5.74) is 0.737. The molecule has 2 saturated heterocycles. The van der Waals surface area contributed by atoms with E-state index >= 15 is 0 Å². The van der Waals surface area contributed by atoms with E-state index in [1.165, 1.54) is 0 Å². The van der Waals surface area contributed by atoms with Crippen LogP contribution in [0.5, 0.6) is 0 Å². The summed E-state index contributed by atoms with van der Waals surface area (Å²) in [7, 11) is 0. The number of amides is 2. The normalized spacial score (nSPS) is 22.6. The lowest BCUT2D eigenvalue weighted by Gasteiger charge is -2.33. The molecule has 0 bridgehead atoms. The Hall–Kier alpha value is -1.88. The summed E-state index contributed by atoms with van der Waals surface area (Å²) in [5, 5.41) is 6.43. The Morgan fingerprint density at radius 1 is 1.04 bits per heavy atom. The lowest BCUT2D eigenvalue weighted by Crippen LogP contribution is -2.52. The number of rotatable bonds is 3. The number of nitrogens with zero attached hydrogens (tertiary/aromatic N) is 1. The summed E-state index contributed by atoms with van der Waals surface area (Å²) >= 11 is 0. The van der Waals surface area contributed by atoms with Crippen molar-refractivity contribution in [2.24, 2.45) is 0 Å². The van der Waals surface area contributed by atoms with Crippen molar-refractivity contribution < 1.29 is 9.59 Å². The highest BCUT2D eigenvalue weighted by Gasteiger charge is 2.27. The Morgan fingerprint density at radius 2 is 1.78 bits per heavy atom. The van der Waals surface area contributed by atoms with Crippen molar-refractivity contribution in [3.05, 3.63) is 35.9 Å². The molecule has 3 rings (SSSR count). The van der Waals surface area contributed by atoms with E-state index in [-0.39, 0.29) is 23.9 Å². The highest BCUT2D eigenvalue weighted by Crippen LogP contribution is 2.15. The molecule has 0 aromatic heterocycles. The predicted octanol–water partition coefficient (Wildman–Crippen LogP) is 1.55. The van der Waals surface area contributed by atoms with E-state index in [0.29, 0.717) is 13.1 Å². The van der Waals surface area contributed by atoms with Gasteiger partial charge in [0.25, 0.3) is 5.91 Å². The van der Waals surface area contributed by atoms with Crippen molar-refractivity contribution in [1.29, 1.82) is 0 Å². The molecule has 23 heavy (non-hydrogen) atoms. The molecule has 2 aliphatic heterocycles. The van der Waals surface area contributed by atoms with Crippen LogP contribution in [0.1, 0.15) is 42.5 Å². The van der Waals surface area contributed by atoms with E-state index in [9.17, 15) is 9.59 Å². The Kier molecular flexibility index (Phi) is 5.28. The van der Waals surface area contributed by atoms with Crippen LogP contribution in [0.3, 0.4) is 0 Å². The van der Waals surface area contributed by atoms with Crippen LogP contribution in [0.25, 0.3) is 0 Å². The van der Waals surface area contributed by atoms with Crippen molar-refractivity contribution in [3.8, 4) is 0 Å². The summed E-state index contributed by atoms with van der Waals surface area (Å²) in [6.07, 6.45) is 4.87. The average Bonchev–Trinajstić information content (AvgIpc) is 2.63. The van der Waals surface area contributed by atoms with Crippen LogP contribution in [0.4, 0.5) is 0 Å². The predicted molar refractivity (Wildman–Crippen MR) is 89.2 cm³/mol. The molecule has 1 atom stereocenters. The molecular weight excluding hydrogens is 290 g/mol. The van der Waals surface area contributed by atoms with Gasteiger partial charge in [0.1, 0.15) is 0 Å². The van der Waals surface area contributed by atoms with Gasteiger partial charge in [0.2, 0.25) is 5.91 Å². The van der Waals surface area contributed by atoms with Gasteiger partial charge in [-0.15, -0.1) is 0 Å². The molecule has 2 amide bonds. The standard InChI is InChI=1S/C18H25N3O2/c22-17(16-8-4-5-11-19-16)20-15-9-12-21(13-10-15)18(23)14-6-2-1-3-7-14/h1-3,6-7,15-16,19H,4-5,8-13H2,(H,20,22). The first kappa shape index (κ1) is 16.0. The molecule has 5 heteroatoms. The summed E-state index contributed by atoms with van der Waals surface area (Å²) in [5.74, 6) is 0.210. The third-order valence-corrected chi connectivity index (χ3v) is 4.78. The zero-order valence-corrected chi connectivity index (χ0v) is 13.5. The number of benzene rings is 1. The van der Waals surface area contributed by atoms with Crippen LogP contribution in [0.2, 0.25) is 0 Å². The number of nitrogens with one attached hydrogen (secondary N) is 2. The van der Waals surface area contributed by atoms with Gasteiger partial charge >= 0.3 is 0 Å². The van der Waals surface area contributed by atoms with Crippen molar-refractivity contribution in [2.75, 3.05) is 19.6 Å². The molecule has 0 spiro atoms.